The van der Waals surface area contributed by atoms with Gasteiger partial charge in [-0.25, -0.2) is 0 Å². The molecule has 0 spiro atoms. The van der Waals surface area contributed by atoms with Gasteiger partial charge in [0.15, 0.2) is 11.5 Å². The van der Waals surface area contributed by atoms with Crippen LogP contribution in [-0.2, 0) is 0 Å². The third kappa shape index (κ3) is 8.50. The number of hydrogen-bond acceptors (Lipinski definition) is 5. The summed E-state index contributed by atoms with van der Waals surface area (Å²) in [6.45, 7) is 11.1. The summed E-state index contributed by atoms with van der Waals surface area (Å²) in [5.41, 5.74) is 5.02. The second kappa shape index (κ2) is 14.9. The van der Waals surface area contributed by atoms with Gasteiger partial charge in [0.2, 0.25) is 0 Å². The quantitative estimate of drug-likeness (QED) is 0.250. The minimum atomic E-state index is 0.241. The molecule has 0 atom stereocenters. The van der Waals surface area contributed by atoms with E-state index in [9.17, 15) is 0 Å². The molecule has 220 valence electrons. The van der Waals surface area contributed by atoms with Gasteiger partial charge in [-0.15, -0.1) is 0 Å². The molecule has 2 saturated heterocycles. The van der Waals surface area contributed by atoms with Crippen LogP contribution in [0.2, 0.25) is 0 Å². The highest BCUT2D eigenvalue weighted by Gasteiger charge is 2.22. The lowest BCUT2D eigenvalue weighted by atomic mass is 9.88. The number of ether oxygens (including phenoxy) is 2. The maximum Gasteiger partial charge on any atom is 0.161 e. The number of aryl methyl sites for hydroxylation is 2. The maximum atomic E-state index is 6.52. The zero-order valence-corrected chi connectivity index (χ0v) is 25.9. The summed E-state index contributed by atoms with van der Waals surface area (Å²) in [5, 5.41) is 0. The summed E-state index contributed by atoms with van der Waals surface area (Å²) < 4.78 is 18.5. The predicted molar refractivity (Wildman–Crippen MR) is 167 cm³/mol. The van der Waals surface area contributed by atoms with Crippen molar-refractivity contribution in [3.8, 4) is 11.5 Å². The molecule has 0 amide bonds. The average molecular weight is 549 g/mol. The molecular weight excluding hydrogens is 496 g/mol. The molecule has 5 heteroatoms. The molecule has 0 radical (unpaired) electrons. The third-order valence-electron chi connectivity index (χ3n) is 8.72. The van der Waals surface area contributed by atoms with Crippen molar-refractivity contribution in [2.45, 2.75) is 84.7 Å². The lowest BCUT2D eigenvalue weighted by Crippen LogP contribution is -2.35. The number of benzene rings is 1. The van der Waals surface area contributed by atoms with Gasteiger partial charge in [-0.05, 0) is 139 Å². The maximum absolute atomic E-state index is 6.52. The van der Waals surface area contributed by atoms with E-state index in [4.69, 9.17) is 13.9 Å². The second-order valence-electron chi connectivity index (χ2n) is 12.1. The van der Waals surface area contributed by atoms with Gasteiger partial charge >= 0.3 is 0 Å². The molecule has 3 heterocycles. The lowest BCUT2D eigenvalue weighted by molar-refractivity contribution is 0.111. The highest BCUT2D eigenvalue weighted by molar-refractivity contribution is 5.84. The Hall–Kier alpha value is -2.50. The van der Waals surface area contributed by atoms with Gasteiger partial charge in [-0.2, -0.15) is 0 Å². The van der Waals surface area contributed by atoms with E-state index < -0.39 is 0 Å². The van der Waals surface area contributed by atoms with Gasteiger partial charge in [0.1, 0.15) is 17.6 Å². The van der Waals surface area contributed by atoms with Crippen molar-refractivity contribution in [1.82, 2.24) is 9.80 Å². The zero-order chi connectivity index (χ0) is 28.5. The summed E-state index contributed by atoms with van der Waals surface area (Å²) >= 11 is 0. The number of likely N-dealkylation sites (tertiary alicyclic amines) is 2. The van der Waals surface area contributed by atoms with E-state index in [0.29, 0.717) is 0 Å². The molecule has 4 rings (SSSR count). The average Bonchev–Trinajstić information content (AvgIpc) is 3.38. The van der Waals surface area contributed by atoms with Crippen LogP contribution in [0, 0.1) is 19.8 Å². The summed E-state index contributed by atoms with van der Waals surface area (Å²) in [6.07, 6.45) is 15.3. The first kappa shape index (κ1) is 30.5. The fourth-order valence-electron chi connectivity index (χ4n) is 6.07. The predicted octanol–water partition coefficient (Wildman–Crippen LogP) is 8.16. The van der Waals surface area contributed by atoms with Crippen LogP contribution in [0.3, 0.4) is 0 Å². The first-order valence-electron chi connectivity index (χ1n) is 15.6. The number of rotatable bonds is 12. The molecule has 2 aliphatic rings. The van der Waals surface area contributed by atoms with Crippen molar-refractivity contribution in [3.05, 3.63) is 59.1 Å². The van der Waals surface area contributed by atoms with E-state index in [1.165, 1.54) is 61.0 Å². The van der Waals surface area contributed by atoms with Crippen LogP contribution in [0.15, 0.2) is 40.8 Å². The molecule has 2 aromatic rings. The Morgan fingerprint density at radius 2 is 1.68 bits per heavy atom. The molecule has 0 aliphatic carbocycles. The number of unbranched alkanes of at least 4 members (excludes halogenated alkanes) is 1. The largest absolute Gasteiger partial charge is 0.493 e. The third-order valence-corrected chi connectivity index (χ3v) is 8.72. The van der Waals surface area contributed by atoms with E-state index in [1.807, 2.05) is 6.92 Å². The molecular formula is C35H52N2O3. The van der Waals surface area contributed by atoms with Gasteiger partial charge in [-0.1, -0.05) is 25.8 Å². The first-order valence-corrected chi connectivity index (χ1v) is 15.6. The Morgan fingerprint density at radius 3 is 2.30 bits per heavy atom. The van der Waals surface area contributed by atoms with Crippen LogP contribution in [0.4, 0.5) is 0 Å². The smallest absolute Gasteiger partial charge is 0.161 e. The Labute approximate surface area is 243 Å². The summed E-state index contributed by atoms with van der Waals surface area (Å²) in [7, 11) is 6.19. The molecule has 1 aromatic heterocycles. The molecule has 0 unspecified atom stereocenters. The fourth-order valence-corrected chi connectivity index (χ4v) is 6.07. The molecule has 0 N–H and O–H groups in total. The van der Waals surface area contributed by atoms with Crippen LogP contribution in [-0.4, -0.2) is 63.3 Å². The van der Waals surface area contributed by atoms with Crippen molar-refractivity contribution < 1.29 is 13.9 Å². The van der Waals surface area contributed by atoms with Crippen molar-refractivity contribution in [2.75, 3.05) is 47.4 Å². The Morgan fingerprint density at radius 1 is 0.975 bits per heavy atom. The van der Waals surface area contributed by atoms with Crippen molar-refractivity contribution in [3.63, 3.8) is 0 Å². The molecule has 0 bridgehead atoms. The van der Waals surface area contributed by atoms with E-state index in [1.54, 1.807) is 7.11 Å². The molecule has 5 nitrogen and oxygen atoms in total. The zero-order valence-electron chi connectivity index (χ0n) is 25.9. The van der Waals surface area contributed by atoms with Crippen LogP contribution in [0.25, 0.3) is 11.1 Å². The number of piperidine rings is 2. The van der Waals surface area contributed by atoms with Crippen molar-refractivity contribution >= 4 is 11.1 Å². The minimum Gasteiger partial charge on any atom is -0.493 e. The SMILES string of the molecule is CCC/C=C(/C=C(/CCCC1CCN(C)CC1)c1cc(OC)c(OC2CCN(C)CC2)cc1C)c1ccc(C)o1. The van der Waals surface area contributed by atoms with Crippen LogP contribution >= 0.6 is 0 Å². The molecule has 2 fully saturated rings. The summed E-state index contributed by atoms with van der Waals surface area (Å²) in [6, 6.07) is 8.58. The monoisotopic (exact) mass is 548 g/mol. The van der Waals surface area contributed by atoms with E-state index in [2.05, 4.69) is 74.2 Å². The van der Waals surface area contributed by atoms with Crippen LogP contribution < -0.4 is 9.47 Å². The van der Waals surface area contributed by atoms with Gasteiger partial charge in [0.25, 0.3) is 0 Å². The fraction of sp³-hybridized carbons (Fsp3) is 0.600. The molecule has 2 aliphatic heterocycles. The number of methoxy groups -OCH3 is 1. The minimum absolute atomic E-state index is 0.241. The highest BCUT2D eigenvalue weighted by atomic mass is 16.5. The normalized spacial score (nSPS) is 18.9. The van der Waals surface area contributed by atoms with E-state index >= 15 is 0 Å². The summed E-state index contributed by atoms with van der Waals surface area (Å²) in [4.78, 5) is 4.83. The number of allylic oxidation sites excluding steroid dienone is 4. The van der Waals surface area contributed by atoms with Crippen LogP contribution in [0.5, 0.6) is 11.5 Å². The van der Waals surface area contributed by atoms with Gasteiger partial charge in [0.05, 0.1) is 7.11 Å². The second-order valence-corrected chi connectivity index (χ2v) is 12.1. The van der Waals surface area contributed by atoms with Crippen molar-refractivity contribution in [1.29, 1.82) is 0 Å². The molecule has 40 heavy (non-hydrogen) atoms. The van der Waals surface area contributed by atoms with Gasteiger partial charge in [0, 0.05) is 18.7 Å². The Balaban J connectivity index is 1.62. The molecule has 0 saturated carbocycles. The van der Waals surface area contributed by atoms with Gasteiger partial charge < -0.3 is 23.7 Å². The Kier molecular flexibility index (Phi) is 11.4. The lowest BCUT2D eigenvalue weighted by Gasteiger charge is -2.30. The topological polar surface area (TPSA) is 38.1 Å². The van der Waals surface area contributed by atoms with Gasteiger partial charge in [-0.3, -0.25) is 0 Å². The number of hydrogen-bond donors (Lipinski definition) is 0. The highest BCUT2D eigenvalue weighted by Crippen LogP contribution is 2.38. The number of nitrogens with zero attached hydrogens (tertiary/aromatic N) is 2. The molecule has 1 aromatic carbocycles. The standard InChI is InChI=1S/C35H52N2O3/c1-7-8-11-30(33-14-13-27(3)39-33)24-29(12-9-10-28-15-19-36(4)20-16-28)32-25-34(38-6)35(23-26(32)2)40-31-17-21-37(5)22-18-31/h11,13-14,23-25,28,31H,7-10,12,15-22H2,1-6H3/b29-24-,30-11-. The summed E-state index contributed by atoms with van der Waals surface area (Å²) in [5.74, 6) is 4.43. The van der Waals surface area contributed by atoms with Crippen LogP contribution in [0.1, 0.15) is 87.4 Å². The first-order chi connectivity index (χ1) is 19.4. The van der Waals surface area contributed by atoms with Crippen molar-refractivity contribution in [2.24, 2.45) is 5.92 Å². The van der Waals surface area contributed by atoms with E-state index in [-0.39, 0.29) is 6.10 Å². The Bertz CT molecular complexity index is 1130. The number of furan rings is 1. The van der Waals surface area contributed by atoms with E-state index in [0.717, 1.165) is 74.1 Å².